The van der Waals surface area contributed by atoms with Gasteiger partial charge in [0.25, 0.3) is 0 Å². The van der Waals surface area contributed by atoms with Gasteiger partial charge in [-0.05, 0) is 59.3 Å². The van der Waals surface area contributed by atoms with Crippen molar-refractivity contribution >= 4 is 32.9 Å². The zero-order chi connectivity index (χ0) is 18.8. The maximum atomic E-state index is 9.18. The maximum absolute atomic E-state index is 9.18. The third kappa shape index (κ3) is 3.39. The average molecular weight is 420 g/mol. The lowest BCUT2D eigenvalue weighted by Gasteiger charge is -2.13. The minimum absolute atomic E-state index is 0.137. The Bertz CT molecular complexity index is 955. The Morgan fingerprint density at radius 3 is 2.73 bits per heavy atom. The fourth-order valence-corrected chi connectivity index (χ4v) is 3.82. The first-order chi connectivity index (χ1) is 12.5. The molecule has 3 rings (SSSR count). The van der Waals surface area contributed by atoms with Gasteiger partial charge in [-0.15, -0.1) is 0 Å². The van der Waals surface area contributed by atoms with Crippen LogP contribution in [0.1, 0.15) is 28.8 Å². The number of nitrogens with zero attached hydrogens (tertiary/aromatic N) is 4. The highest BCUT2D eigenvalue weighted by Crippen LogP contribution is 2.30. The molecule has 0 aliphatic rings. The molecule has 3 aromatic heterocycles. The number of nitrogen functional groups attached to an aromatic ring is 1. The van der Waals surface area contributed by atoms with Gasteiger partial charge in [-0.2, -0.15) is 4.98 Å². The lowest BCUT2D eigenvalue weighted by Crippen LogP contribution is -2.06. The number of fused-ring (bicyclic) bond motifs is 1. The average Bonchev–Trinajstić information content (AvgIpc) is 2.93. The summed E-state index contributed by atoms with van der Waals surface area (Å²) in [7, 11) is 1.66. The van der Waals surface area contributed by atoms with Gasteiger partial charge in [0.15, 0.2) is 0 Å². The fraction of sp³-hybridized carbons (Fsp3) is 0.389. The van der Waals surface area contributed by atoms with Gasteiger partial charge in [-0.1, -0.05) is 0 Å². The van der Waals surface area contributed by atoms with E-state index in [0.717, 1.165) is 45.6 Å². The minimum Gasteiger partial charge on any atom is -0.495 e. The number of halogens is 1. The quantitative estimate of drug-likeness (QED) is 0.595. The summed E-state index contributed by atoms with van der Waals surface area (Å²) in [4.78, 5) is 13.1. The summed E-state index contributed by atoms with van der Waals surface area (Å²) < 4.78 is 8.20. The molecule has 0 saturated heterocycles. The summed E-state index contributed by atoms with van der Waals surface area (Å²) in [6.45, 7) is 4.69. The summed E-state index contributed by atoms with van der Waals surface area (Å²) in [5.41, 5.74) is 10.7. The molecule has 0 unspecified atom stereocenters. The van der Waals surface area contributed by atoms with Gasteiger partial charge in [0.1, 0.15) is 16.0 Å². The molecule has 3 N–H and O–H groups in total. The number of rotatable bonds is 6. The van der Waals surface area contributed by atoms with Crippen LogP contribution in [0.3, 0.4) is 0 Å². The van der Waals surface area contributed by atoms with E-state index in [0.29, 0.717) is 17.6 Å². The summed E-state index contributed by atoms with van der Waals surface area (Å²) in [6, 6.07) is 0. The van der Waals surface area contributed by atoms with Crippen LogP contribution in [-0.4, -0.2) is 38.3 Å². The Morgan fingerprint density at radius 2 is 2.04 bits per heavy atom. The Labute approximate surface area is 160 Å². The molecule has 3 heterocycles. The molecule has 0 amide bonds. The van der Waals surface area contributed by atoms with E-state index >= 15 is 0 Å². The van der Waals surface area contributed by atoms with Gasteiger partial charge < -0.3 is 20.1 Å². The second kappa shape index (κ2) is 7.59. The van der Waals surface area contributed by atoms with Crippen LogP contribution in [0.2, 0.25) is 0 Å². The van der Waals surface area contributed by atoms with Gasteiger partial charge >= 0.3 is 0 Å². The van der Waals surface area contributed by atoms with Gasteiger partial charge in [-0.3, -0.25) is 4.98 Å². The van der Waals surface area contributed by atoms with Crippen molar-refractivity contribution < 1.29 is 9.84 Å². The molecule has 138 valence electrons. The predicted octanol–water partition coefficient (Wildman–Crippen LogP) is 2.77. The number of pyridine rings is 1. The number of anilines is 1. The van der Waals surface area contributed by atoms with Gasteiger partial charge in [0.05, 0.1) is 24.7 Å². The lowest BCUT2D eigenvalue weighted by molar-refractivity contribution is 0.288. The molecule has 3 aromatic rings. The Morgan fingerprint density at radius 1 is 1.27 bits per heavy atom. The first-order valence-electron chi connectivity index (χ1n) is 8.36. The normalized spacial score (nSPS) is 11.3. The molecule has 0 aromatic carbocycles. The molecule has 0 aliphatic carbocycles. The zero-order valence-electron chi connectivity index (χ0n) is 15.1. The number of aliphatic hydroxyl groups is 1. The van der Waals surface area contributed by atoms with E-state index in [1.807, 2.05) is 30.8 Å². The number of aryl methyl sites for hydroxylation is 2. The Balaban J connectivity index is 2.11. The van der Waals surface area contributed by atoms with Gasteiger partial charge in [-0.25, -0.2) is 4.98 Å². The molecule has 0 fully saturated rings. The monoisotopic (exact) mass is 419 g/mol. The first-order valence-corrected chi connectivity index (χ1v) is 9.16. The fourth-order valence-electron chi connectivity index (χ4n) is 3.21. The van der Waals surface area contributed by atoms with Crippen molar-refractivity contribution in [2.75, 3.05) is 19.5 Å². The van der Waals surface area contributed by atoms with E-state index in [1.54, 1.807) is 7.11 Å². The van der Waals surface area contributed by atoms with Crippen LogP contribution in [0.4, 0.5) is 5.95 Å². The van der Waals surface area contributed by atoms with E-state index < -0.39 is 0 Å². The molecule has 0 aliphatic heterocycles. The Kier molecular flexibility index (Phi) is 5.43. The summed E-state index contributed by atoms with van der Waals surface area (Å²) in [5.74, 6) is 1.02. The second-order valence-corrected chi connectivity index (χ2v) is 6.96. The molecule has 0 radical (unpaired) electrons. The highest BCUT2D eigenvalue weighted by molar-refractivity contribution is 9.10. The topological polar surface area (TPSA) is 99.1 Å². The standard InChI is InChI=1S/C18H22BrN5O2/c1-10-13(7-21-11(2)15(10)26-3)9-24-8-12(5-4-6-25)14-16(19)22-18(20)23-17(14)24/h7-8,25H,4-6,9H2,1-3H3,(H2,20,22,23). The molecular weight excluding hydrogens is 398 g/mol. The highest BCUT2D eigenvalue weighted by Gasteiger charge is 2.17. The van der Waals surface area contributed by atoms with Crippen molar-refractivity contribution in [3.05, 3.63) is 39.4 Å². The predicted molar refractivity (Wildman–Crippen MR) is 104 cm³/mol. The number of hydrogen-bond donors (Lipinski definition) is 2. The number of ether oxygens (including phenoxy) is 1. The maximum Gasteiger partial charge on any atom is 0.223 e. The van der Waals surface area contributed by atoms with Crippen molar-refractivity contribution in [1.82, 2.24) is 19.5 Å². The molecular formula is C18H22BrN5O2. The van der Waals surface area contributed by atoms with E-state index in [1.165, 1.54) is 0 Å². The van der Waals surface area contributed by atoms with E-state index in [4.69, 9.17) is 10.5 Å². The van der Waals surface area contributed by atoms with Crippen molar-refractivity contribution in [3.8, 4) is 5.75 Å². The molecule has 26 heavy (non-hydrogen) atoms. The van der Waals surface area contributed by atoms with Gasteiger partial charge in [0.2, 0.25) is 5.95 Å². The van der Waals surface area contributed by atoms with Crippen LogP contribution >= 0.6 is 15.9 Å². The second-order valence-electron chi connectivity index (χ2n) is 6.21. The van der Waals surface area contributed by atoms with Crippen molar-refractivity contribution in [2.45, 2.75) is 33.2 Å². The smallest absolute Gasteiger partial charge is 0.223 e. The van der Waals surface area contributed by atoms with E-state index in [-0.39, 0.29) is 12.6 Å². The van der Waals surface area contributed by atoms with Crippen LogP contribution in [0, 0.1) is 13.8 Å². The van der Waals surface area contributed by atoms with E-state index in [9.17, 15) is 5.11 Å². The Hall–Kier alpha value is -2.19. The SMILES string of the molecule is COc1c(C)ncc(Cn2cc(CCCO)c3c(Br)nc(N)nc32)c1C. The van der Waals surface area contributed by atoms with Crippen molar-refractivity contribution in [1.29, 1.82) is 0 Å². The van der Waals surface area contributed by atoms with Crippen molar-refractivity contribution in [3.63, 3.8) is 0 Å². The van der Waals surface area contributed by atoms with Crippen LogP contribution in [-0.2, 0) is 13.0 Å². The summed E-state index contributed by atoms with van der Waals surface area (Å²) in [5, 5.41) is 10.1. The highest BCUT2D eigenvalue weighted by atomic mass is 79.9. The van der Waals surface area contributed by atoms with Crippen LogP contribution in [0.5, 0.6) is 5.75 Å². The number of aliphatic hydroxyl groups excluding tert-OH is 1. The zero-order valence-corrected chi connectivity index (χ0v) is 16.7. The van der Waals surface area contributed by atoms with Crippen LogP contribution < -0.4 is 10.5 Å². The summed E-state index contributed by atoms with van der Waals surface area (Å²) in [6.07, 6.45) is 5.33. The summed E-state index contributed by atoms with van der Waals surface area (Å²) >= 11 is 3.50. The molecule has 0 saturated carbocycles. The van der Waals surface area contributed by atoms with E-state index in [2.05, 4.69) is 30.9 Å². The third-order valence-corrected chi connectivity index (χ3v) is 5.06. The lowest BCUT2D eigenvalue weighted by atomic mass is 10.1. The minimum atomic E-state index is 0.137. The largest absolute Gasteiger partial charge is 0.495 e. The number of aromatic nitrogens is 4. The number of methoxy groups -OCH3 is 1. The first kappa shape index (κ1) is 18.6. The number of nitrogens with two attached hydrogens (primary N) is 1. The molecule has 7 nitrogen and oxygen atoms in total. The molecule has 0 bridgehead atoms. The van der Waals surface area contributed by atoms with Crippen LogP contribution in [0.15, 0.2) is 17.0 Å². The van der Waals surface area contributed by atoms with Crippen LogP contribution in [0.25, 0.3) is 11.0 Å². The molecule has 0 spiro atoms. The van der Waals surface area contributed by atoms with Gasteiger partial charge in [0, 0.05) is 19.0 Å². The molecule has 8 heteroatoms. The third-order valence-electron chi connectivity index (χ3n) is 4.48. The number of hydrogen-bond acceptors (Lipinski definition) is 6. The van der Waals surface area contributed by atoms with Crippen molar-refractivity contribution in [2.24, 2.45) is 0 Å². The molecule has 0 atom stereocenters.